The maximum atomic E-state index is 12.7. The first-order chi connectivity index (χ1) is 15.1. The second kappa shape index (κ2) is 10.1. The number of carbonyl (C=O) groups is 2. The molecule has 0 radical (unpaired) electrons. The summed E-state index contributed by atoms with van der Waals surface area (Å²) in [6, 6.07) is 0. The van der Waals surface area contributed by atoms with Gasteiger partial charge in [-0.25, -0.2) is 0 Å². The highest BCUT2D eigenvalue weighted by Crippen LogP contribution is 2.52. The van der Waals surface area contributed by atoms with Crippen molar-refractivity contribution < 1.29 is 9.59 Å². The van der Waals surface area contributed by atoms with Gasteiger partial charge in [0.15, 0.2) is 5.96 Å². The average molecular weight is 431 g/mol. The van der Waals surface area contributed by atoms with Gasteiger partial charge in [-0.2, -0.15) is 0 Å². The molecule has 2 N–H and O–H groups in total. The van der Waals surface area contributed by atoms with Crippen LogP contribution in [0.3, 0.4) is 0 Å². The second-order valence-electron chi connectivity index (χ2n) is 9.46. The van der Waals surface area contributed by atoms with Crippen LogP contribution >= 0.6 is 0 Å². The Kier molecular flexibility index (Phi) is 7.27. The van der Waals surface area contributed by atoms with Crippen LogP contribution in [0.4, 0.5) is 0 Å². The van der Waals surface area contributed by atoms with Crippen LogP contribution in [0.15, 0.2) is 17.1 Å². The van der Waals surface area contributed by atoms with Gasteiger partial charge in [-0.15, -0.1) is 0 Å². The number of carbonyl (C=O) groups excluding carboxylic acids is 2. The minimum Gasteiger partial charge on any atom is -0.356 e. The molecule has 2 bridgehead atoms. The molecule has 0 aromatic heterocycles. The lowest BCUT2D eigenvalue weighted by Crippen LogP contribution is -2.44. The maximum Gasteiger partial charge on any atom is 0.233 e. The highest BCUT2D eigenvalue weighted by Gasteiger charge is 2.58. The van der Waals surface area contributed by atoms with Crippen molar-refractivity contribution in [2.45, 2.75) is 25.7 Å². The molecule has 3 fully saturated rings. The number of likely N-dealkylation sites (N-methyl/N-ethyl adjacent to an activating group) is 1. The minimum absolute atomic E-state index is 0.0507. The molecule has 2 saturated heterocycles. The summed E-state index contributed by atoms with van der Waals surface area (Å²) in [5, 5.41) is 6.68. The van der Waals surface area contributed by atoms with Crippen molar-refractivity contribution in [2.75, 3.05) is 66.5 Å². The van der Waals surface area contributed by atoms with E-state index in [1.54, 1.807) is 7.05 Å². The molecule has 8 heteroatoms. The summed E-state index contributed by atoms with van der Waals surface area (Å²) in [4.78, 5) is 36.1. The van der Waals surface area contributed by atoms with Gasteiger partial charge in [0.25, 0.3) is 0 Å². The summed E-state index contributed by atoms with van der Waals surface area (Å²) >= 11 is 0. The first kappa shape index (κ1) is 22.3. The third kappa shape index (κ3) is 4.95. The van der Waals surface area contributed by atoms with Crippen LogP contribution in [0.1, 0.15) is 25.7 Å². The van der Waals surface area contributed by atoms with Crippen LogP contribution < -0.4 is 10.6 Å². The van der Waals surface area contributed by atoms with Gasteiger partial charge in [-0.05, 0) is 51.1 Å². The van der Waals surface area contributed by atoms with Crippen LogP contribution in [0, 0.1) is 23.7 Å². The summed E-state index contributed by atoms with van der Waals surface area (Å²) < 4.78 is 0. The zero-order valence-electron chi connectivity index (χ0n) is 19.1. The third-order valence-electron chi connectivity index (χ3n) is 7.43. The fourth-order valence-electron chi connectivity index (χ4n) is 5.59. The number of likely N-dealkylation sites (tertiary alicyclic amines) is 1. The second-order valence-corrected chi connectivity index (χ2v) is 9.46. The van der Waals surface area contributed by atoms with Crippen LogP contribution in [0.25, 0.3) is 0 Å². The molecule has 2 heterocycles. The van der Waals surface area contributed by atoms with Crippen LogP contribution in [-0.2, 0) is 9.59 Å². The van der Waals surface area contributed by atoms with E-state index in [1.165, 1.54) is 44.0 Å². The van der Waals surface area contributed by atoms with Crippen molar-refractivity contribution in [3.05, 3.63) is 12.2 Å². The minimum atomic E-state index is -0.0873. The van der Waals surface area contributed by atoms with E-state index >= 15 is 0 Å². The highest BCUT2D eigenvalue weighted by atomic mass is 16.2. The number of nitrogens with zero attached hydrogens (tertiary/aromatic N) is 4. The molecule has 31 heavy (non-hydrogen) atoms. The number of piperazine rings is 1. The topological polar surface area (TPSA) is 80.3 Å². The molecule has 2 aliphatic carbocycles. The van der Waals surface area contributed by atoms with Gasteiger partial charge in [-0.3, -0.25) is 19.5 Å². The number of guanidine groups is 1. The molecule has 8 nitrogen and oxygen atoms in total. The molecule has 0 aromatic rings. The quantitative estimate of drug-likeness (QED) is 0.181. The summed E-state index contributed by atoms with van der Waals surface area (Å²) in [5.41, 5.74) is 0. The summed E-state index contributed by atoms with van der Waals surface area (Å²) in [7, 11) is 3.96. The molecule has 4 unspecified atom stereocenters. The Morgan fingerprint density at radius 2 is 1.55 bits per heavy atom. The predicted octanol–water partition coefficient (Wildman–Crippen LogP) is 0.376. The number of amides is 2. The number of nitrogens with one attached hydrogen (secondary N) is 2. The normalized spacial score (nSPS) is 31.0. The van der Waals surface area contributed by atoms with Gasteiger partial charge < -0.3 is 20.4 Å². The van der Waals surface area contributed by atoms with Crippen molar-refractivity contribution >= 4 is 17.8 Å². The molecular weight excluding hydrogens is 392 g/mol. The van der Waals surface area contributed by atoms with Crippen molar-refractivity contribution in [3.8, 4) is 0 Å². The molecule has 4 aliphatic rings. The van der Waals surface area contributed by atoms with Crippen molar-refractivity contribution in [1.82, 2.24) is 25.3 Å². The van der Waals surface area contributed by atoms with Crippen LogP contribution in [0.2, 0.25) is 0 Å². The Hall–Kier alpha value is -1.93. The molecule has 0 aromatic carbocycles. The molecule has 0 spiro atoms. The number of allylic oxidation sites excluding steroid dienone is 2. The van der Waals surface area contributed by atoms with E-state index in [0.717, 1.165) is 31.8 Å². The summed E-state index contributed by atoms with van der Waals surface area (Å²) in [6.07, 6.45) is 8.31. The van der Waals surface area contributed by atoms with Gasteiger partial charge in [0.2, 0.25) is 11.8 Å². The smallest absolute Gasteiger partial charge is 0.233 e. The maximum absolute atomic E-state index is 12.7. The van der Waals surface area contributed by atoms with Crippen molar-refractivity contribution in [1.29, 1.82) is 0 Å². The van der Waals surface area contributed by atoms with Gasteiger partial charge >= 0.3 is 0 Å². The van der Waals surface area contributed by atoms with E-state index in [2.05, 4.69) is 44.6 Å². The largest absolute Gasteiger partial charge is 0.356 e. The molecule has 2 amide bonds. The zero-order chi connectivity index (χ0) is 21.8. The zero-order valence-corrected chi connectivity index (χ0v) is 19.1. The predicted molar refractivity (Wildman–Crippen MR) is 122 cm³/mol. The molecule has 172 valence electrons. The Bertz CT molecular complexity index is 685. The van der Waals surface area contributed by atoms with E-state index in [0.29, 0.717) is 13.1 Å². The van der Waals surface area contributed by atoms with E-state index < -0.39 is 0 Å². The number of hydrogen-bond donors (Lipinski definition) is 2. The molecule has 2 aliphatic heterocycles. The Morgan fingerprint density at radius 1 is 0.935 bits per heavy atom. The Labute approximate surface area is 186 Å². The lowest BCUT2D eigenvalue weighted by Gasteiger charge is -2.32. The fourth-order valence-corrected chi connectivity index (χ4v) is 5.59. The summed E-state index contributed by atoms with van der Waals surface area (Å²) in [5.74, 6) is 1.29. The number of aliphatic imine (C=N–C) groups is 1. The van der Waals surface area contributed by atoms with Crippen molar-refractivity contribution in [2.24, 2.45) is 28.7 Å². The Balaban J connectivity index is 1.08. The Morgan fingerprint density at radius 3 is 2.16 bits per heavy atom. The van der Waals surface area contributed by atoms with Gasteiger partial charge in [0.05, 0.1) is 11.8 Å². The highest BCUT2D eigenvalue weighted by molar-refractivity contribution is 6.06. The van der Waals surface area contributed by atoms with Gasteiger partial charge in [0, 0.05) is 52.9 Å². The number of unbranched alkanes of at least 4 members (excludes halogenated alkanes) is 1. The first-order valence-electron chi connectivity index (χ1n) is 12.0. The number of fused-ring (bicyclic) bond motifs is 5. The number of imide groups is 1. The number of hydrogen-bond acceptors (Lipinski definition) is 5. The van der Waals surface area contributed by atoms with E-state index in [4.69, 9.17) is 0 Å². The van der Waals surface area contributed by atoms with E-state index in [9.17, 15) is 9.59 Å². The molecule has 4 atom stereocenters. The first-order valence-corrected chi connectivity index (χ1v) is 12.0. The lowest BCUT2D eigenvalue weighted by molar-refractivity contribution is -0.140. The van der Waals surface area contributed by atoms with Gasteiger partial charge in [-0.1, -0.05) is 12.2 Å². The SMILES string of the molecule is CN=C(NCCCCN1CCN(C)CC1)NCCCN1C(=O)C2C3C=CC(C3)C2C1=O. The molecule has 4 rings (SSSR count). The van der Waals surface area contributed by atoms with E-state index in [1.807, 2.05) is 0 Å². The standard InChI is InChI=1S/C23H38N6O2/c1-24-23(25-8-3-4-10-28-14-12-27(2)13-15-28)26-9-5-11-29-21(30)19-17-6-7-18(16-17)20(19)22(29)31/h6-7,17-20H,3-5,8-16H2,1-2H3,(H2,24,25,26). The van der Waals surface area contributed by atoms with Gasteiger partial charge in [0.1, 0.15) is 0 Å². The fraction of sp³-hybridized carbons (Fsp3) is 0.783. The van der Waals surface area contributed by atoms with Crippen LogP contribution in [0.5, 0.6) is 0 Å². The summed E-state index contributed by atoms with van der Waals surface area (Å²) in [6.45, 7) is 7.94. The molecule has 1 saturated carbocycles. The number of rotatable bonds is 9. The van der Waals surface area contributed by atoms with Crippen LogP contribution in [-0.4, -0.2) is 98.9 Å². The monoisotopic (exact) mass is 430 g/mol. The third-order valence-corrected chi connectivity index (χ3v) is 7.43. The lowest BCUT2D eigenvalue weighted by atomic mass is 9.85. The molecular formula is C23H38N6O2. The average Bonchev–Trinajstić information content (AvgIpc) is 3.45. The van der Waals surface area contributed by atoms with E-state index in [-0.39, 0.29) is 35.5 Å². The van der Waals surface area contributed by atoms with Crippen molar-refractivity contribution in [3.63, 3.8) is 0 Å².